The van der Waals surface area contributed by atoms with Crippen molar-refractivity contribution in [3.63, 3.8) is 0 Å². The van der Waals surface area contributed by atoms with Crippen molar-refractivity contribution in [2.75, 3.05) is 12.4 Å². The van der Waals surface area contributed by atoms with Gasteiger partial charge in [0.05, 0.1) is 18.0 Å². The Morgan fingerprint density at radius 1 is 1.18 bits per heavy atom. The van der Waals surface area contributed by atoms with E-state index in [-0.39, 0.29) is 11.0 Å². The molecule has 28 heavy (non-hydrogen) atoms. The second-order valence-electron chi connectivity index (χ2n) is 6.07. The lowest BCUT2D eigenvalue weighted by atomic mass is 10.1. The summed E-state index contributed by atoms with van der Waals surface area (Å²) in [6.07, 6.45) is 1.78. The van der Waals surface area contributed by atoms with Gasteiger partial charge in [-0.2, -0.15) is 0 Å². The lowest BCUT2D eigenvalue weighted by molar-refractivity contribution is 0.0995. The quantitative estimate of drug-likeness (QED) is 0.325. The van der Waals surface area contributed by atoms with E-state index in [4.69, 9.17) is 4.74 Å². The van der Waals surface area contributed by atoms with Gasteiger partial charge in [-0.25, -0.2) is 0 Å². The Morgan fingerprint density at radius 2 is 1.96 bits per heavy atom. The standard InChI is InChI=1S/C20H18N4O2S2/c1-12(18(25)14-11-21-15-8-4-3-7-13(14)15)27-20-24-23-19(28-20)22-16-9-5-6-10-17(16)26-2/h3-12,21H,1-2H3,(H,22,23)/t12-/m0/s1. The van der Waals surface area contributed by atoms with E-state index in [1.54, 1.807) is 13.3 Å². The van der Waals surface area contributed by atoms with Gasteiger partial charge in [0.25, 0.3) is 0 Å². The highest BCUT2D eigenvalue weighted by molar-refractivity contribution is 8.02. The van der Waals surface area contributed by atoms with Gasteiger partial charge in [-0.05, 0) is 25.1 Å². The van der Waals surface area contributed by atoms with Crippen LogP contribution in [-0.4, -0.2) is 33.3 Å². The maximum absolute atomic E-state index is 12.9. The third kappa shape index (κ3) is 3.74. The Labute approximate surface area is 170 Å². The van der Waals surface area contributed by atoms with Gasteiger partial charge < -0.3 is 15.0 Å². The van der Waals surface area contributed by atoms with Crippen LogP contribution in [0.5, 0.6) is 5.75 Å². The van der Waals surface area contributed by atoms with Crippen molar-refractivity contribution in [1.82, 2.24) is 15.2 Å². The molecule has 2 aromatic carbocycles. The summed E-state index contributed by atoms with van der Waals surface area (Å²) in [5.41, 5.74) is 2.48. The molecule has 4 rings (SSSR count). The highest BCUT2D eigenvalue weighted by Gasteiger charge is 2.21. The molecule has 0 aliphatic carbocycles. The normalized spacial score (nSPS) is 12.1. The zero-order chi connectivity index (χ0) is 19.5. The van der Waals surface area contributed by atoms with E-state index >= 15 is 0 Å². The van der Waals surface area contributed by atoms with Crippen molar-refractivity contribution in [3.8, 4) is 5.75 Å². The van der Waals surface area contributed by atoms with Gasteiger partial charge in [0.2, 0.25) is 5.13 Å². The van der Waals surface area contributed by atoms with E-state index in [9.17, 15) is 4.79 Å². The van der Waals surface area contributed by atoms with Crippen LogP contribution in [0.15, 0.2) is 59.1 Å². The van der Waals surface area contributed by atoms with Crippen LogP contribution in [0.2, 0.25) is 0 Å². The molecule has 4 aromatic rings. The minimum atomic E-state index is -0.272. The number of para-hydroxylation sites is 3. The molecule has 8 heteroatoms. The molecule has 2 N–H and O–H groups in total. The van der Waals surface area contributed by atoms with E-state index < -0.39 is 0 Å². The fraction of sp³-hybridized carbons (Fsp3) is 0.150. The van der Waals surface area contributed by atoms with Crippen LogP contribution >= 0.6 is 23.1 Å². The molecule has 142 valence electrons. The number of anilines is 2. The van der Waals surface area contributed by atoms with Crippen LogP contribution in [-0.2, 0) is 0 Å². The number of benzene rings is 2. The molecule has 0 amide bonds. The van der Waals surface area contributed by atoms with Crippen molar-refractivity contribution in [1.29, 1.82) is 0 Å². The molecule has 0 unspecified atom stereocenters. The number of Topliss-reactive ketones (excluding diaryl/α,β-unsaturated/α-hetero) is 1. The Bertz CT molecular complexity index is 1120. The number of hydrogen-bond donors (Lipinski definition) is 2. The lowest BCUT2D eigenvalue weighted by Crippen LogP contribution is -2.12. The fourth-order valence-electron chi connectivity index (χ4n) is 2.87. The highest BCUT2D eigenvalue weighted by Crippen LogP contribution is 2.34. The first-order valence-corrected chi connectivity index (χ1v) is 10.4. The van der Waals surface area contributed by atoms with Gasteiger partial charge >= 0.3 is 0 Å². The van der Waals surface area contributed by atoms with Crippen molar-refractivity contribution in [3.05, 3.63) is 60.3 Å². The number of methoxy groups -OCH3 is 1. The first-order valence-electron chi connectivity index (χ1n) is 8.66. The lowest BCUT2D eigenvalue weighted by Gasteiger charge is -2.08. The van der Waals surface area contributed by atoms with Crippen molar-refractivity contribution >= 4 is 50.6 Å². The average molecular weight is 411 g/mol. The number of aromatic amines is 1. The summed E-state index contributed by atoms with van der Waals surface area (Å²) in [5.74, 6) is 0.798. The second kappa shape index (κ2) is 8.04. The predicted octanol–water partition coefficient (Wildman–Crippen LogP) is 5.14. The van der Waals surface area contributed by atoms with Crippen LogP contribution in [0, 0.1) is 0 Å². The number of ketones is 1. The molecule has 0 saturated heterocycles. The number of nitrogens with one attached hydrogen (secondary N) is 2. The van der Waals surface area contributed by atoms with E-state index in [0.717, 1.165) is 26.7 Å². The molecule has 0 bridgehead atoms. The van der Waals surface area contributed by atoms with Gasteiger partial charge in [0, 0.05) is 22.7 Å². The third-order valence-electron chi connectivity index (χ3n) is 4.26. The number of rotatable bonds is 7. The van der Waals surface area contributed by atoms with E-state index in [2.05, 4.69) is 20.5 Å². The van der Waals surface area contributed by atoms with Crippen molar-refractivity contribution in [2.45, 2.75) is 16.5 Å². The molecule has 2 heterocycles. The van der Waals surface area contributed by atoms with Gasteiger partial charge in [0.15, 0.2) is 10.1 Å². The second-order valence-corrected chi connectivity index (χ2v) is 8.64. The summed E-state index contributed by atoms with van der Waals surface area (Å²) in [6, 6.07) is 15.4. The zero-order valence-corrected chi connectivity index (χ0v) is 16.9. The Hall–Kier alpha value is -2.84. The molecular formula is C20H18N4O2S2. The number of aromatic nitrogens is 3. The van der Waals surface area contributed by atoms with Crippen LogP contribution in [0.4, 0.5) is 10.8 Å². The van der Waals surface area contributed by atoms with E-state index in [1.165, 1.54) is 23.1 Å². The minimum Gasteiger partial charge on any atom is -0.495 e. The zero-order valence-electron chi connectivity index (χ0n) is 15.3. The average Bonchev–Trinajstić information content (AvgIpc) is 3.34. The molecule has 0 saturated carbocycles. The van der Waals surface area contributed by atoms with Crippen LogP contribution in [0.3, 0.4) is 0 Å². The molecule has 6 nitrogen and oxygen atoms in total. The molecular weight excluding hydrogens is 392 g/mol. The Balaban J connectivity index is 1.47. The fourth-order valence-corrected chi connectivity index (χ4v) is 4.85. The molecule has 0 radical (unpaired) electrons. The van der Waals surface area contributed by atoms with Gasteiger partial charge in [-0.15, -0.1) is 10.2 Å². The summed E-state index contributed by atoms with van der Waals surface area (Å²) < 4.78 is 6.07. The monoisotopic (exact) mass is 410 g/mol. The number of ether oxygens (including phenoxy) is 1. The van der Waals surface area contributed by atoms with Crippen LogP contribution < -0.4 is 10.1 Å². The first kappa shape index (κ1) is 18.5. The maximum Gasteiger partial charge on any atom is 0.210 e. The van der Waals surface area contributed by atoms with E-state index in [1.807, 2.05) is 55.5 Å². The third-order valence-corrected chi connectivity index (χ3v) is 6.28. The topological polar surface area (TPSA) is 79.9 Å². The Morgan fingerprint density at radius 3 is 2.82 bits per heavy atom. The number of carbonyl (C=O) groups is 1. The largest absolute Gasteiger partial charge is 0.495 e. The predicted molar refractivity (Wildman–Crippen MR) is 114 cm³/mol. The summed E-state index contributed by atoms with van der Waals surface area (Å²) in [4.78, 5) is 16.0. The van der Waals surface area contributed by atoms with Crippen LogP contribution in [0.25, 0.3) is 10.9 Å². The summed E-state index contributed by atoms with van der Waals surface area (Å²) in [5, 5.41) is 12.9. The van der Waals surface area contributed by atoms with Crippen molar-refractivity contribution in [2.24, 2.45) is 0 Å². The van der Waals surface area contributed by atoms with Gasteiger partial charge in [-0.3, -0.25) is 4.79 Å². The molecule has 2 aromatic heterocycles. The number of nitrogens with zero attached hydrogens (tertiary/aromatic N) is 2. The molecule has 0 fully saturated rings. The van der Waals surface area contributed by atoms with Crippen LogP contribution in [0.1, 0.15) is 17.3 Å². The number of hydrogen-bond acceptors (Lipinski definition) is 7. The number of fused-ring (bicyclic) bond motifs is 1. The maximum atomic E-state index is 12.9. The van der Waals surface area contributed by atoms with Crippen molar-refractivity contribution < 1.29 is 9.53 Å². The molecule has 1 atom stereocenters. The summed E-state index contributed by atoms with van der Waals surface area (Å²) >= 11 is 2.82. The minimum absolute atomic E-state index is 0.0666. The Kier molecular flexibility index (Phi) is 5.31. The molecule has 0 spiro atoms. The summed E-state index contributed by atoms with van der Waals surface area (Å²) in [6.45, 7) is 1.89. The highest BCUT2D eigenvalue weighted by atomic mass is 32.2. The van der Waals surface area contributed by atoms with Gasteiger partial charge in [0.1, 0.15) is 5.75 Å². The van der Waals surface area contributed by atoms with Gasteiger partial charge in [-0.1, -0.05) is 53.4 Å². The molecule has 0 aliphatic heterocycles. The first-order chi connectivity index (χ1) is 13.7. The number of thioether (sulfide) groups is 1. The van der Waals surface area contributed by atoms with E-state index in [0.29, 0.717) is 10.7 Å². The molecule has 0 aliphatic rings. The summed E-state index contributed by atoms with van der Waals surface area (Å²) in [7, 11) is 1.62. The number of carbonyl (C=O) groups excluding carboxylic acids is 1. The SMILES string of the molecule is COc1ccccc1Nc1nnc(S[C@@H](C)C(=O)c2c[nH]c3ccccc23)s1. The smallest absolute Gasteiger partial charge is 0.210 e. The number of H-pyrrole nitrogens is 1.